The van der Waals surface area contributed by atoms with Crippen LogP contribution in [-0.4, -0.2) is 53.2 Å². The van der Waals surface area contributed by atoms with Gasteiger partial charge in [-0.15, -0.1) is 0 Å². The summed E-state index contributed by atoms with van der Waals surface area (Å²) in [6.45, 7) is 20.8. The van der Waals surface area contributed by atoms with Gasteiger partial charge in [0.15, 0.2) is 0 Å². The van der Waals surface area contributed by atoms with Crippen molar-refractivity contribution < 1.29 is 44.2 Å². The molecule has 6 N–H and O–H groups in total. The van der Waals surface area contributed by atoms with Crippen LogP contribution in [0.4, 0.5) is 0 Å². The van der Waals surface area contributed by atoms with Crippen LogP contribution in [0.3, 0.4) is 0 Å². The molecule has 0 radical (unpaired) electrons. The molecule has 0 aliphatic rings. The number of carbonyl (C=O) groups excluding carboxylic acids is 3. The molecule has 12 nitrogen and oxygen atoms in total. The highest BCUT2D eigenvalue weighted by Crippen LogP contribution is 2.39. The number of carbonyl (C=O) groups is 3. The van der Waals surface area contributed by atoms with Gasteiger partial charge >= 0.3 is 0 Å². The Morgan fingerprint density at radius 2 is 0.780 bits per heavy atom. The van der Waals surface area contributed by atoms with Crippen molar-refractivity contribution in [3.8, 4) is 17.2 Å². The van der Waals surface area contributed by atoms with E-state index in [1.807, 2.05) is 12.1 Å². The van der Waals surface area contributed by atoms with Crippen LogP contribution in [0.1, 0.15) is 159 Å². The number of unbranched alkanes of at least 4 members (excludes halogenated alkanes) is 3. The molecule has 0 unspecified atom stereocenters. The van der Waals surface area contributed by atoms with E-state index in [1.165, 1.54) is 0 Å². The predicted molar refractivity (Wildman–Crippen MR) is 229 cm³/mol. The molecule has 0 aromatic heterocycles. The van der Waals surface area contributed by atoms with Crippen LogP contribution in [0, 0.1) is 0 Å². The number of rotatable bonds is 22. The zero-order valence-corrected chi connectivity index (χ0v) is 36.8. The molecular formula is C47H69N3O9. The van der Waals surface area contributed by atoms with Crippen LogP contribution in [0.25, 0.3) is 0 Å². The molecule has 3 aromatic carbocycles. The quantitative estimate of drug-likeness (QED) is 0.0329. The van der Waals surface area contributed by atoms with Gasteiger partial charge in [0.1, 0.15) is 17.2 Å². The van der Waals surface area contributed by atoms with Crippen LogP contribution < -0.4 is 30.7 Å². The van der Waals surface area contributed by atoms with Crippen molar-refractivity contribution in [1.29, 1.82) is 0 Å². The van der Waals surface area contributed by atoms with Crippen molar-refractivity contribution in [2.45, 2.75) is 149 Å². The minimum atomic E-state index is -0.438. The normalized spacial score (nSPS) is 11.9. The molecule has 0 saturated carbocycles. The van der Waals surface area contributed by atoms with Gasteiger partial charge < -0.3 is 14.2 Å². The van der Waals surface area contributed by atoms with E-state index in [4.69, 9.17) is 29.8 Å². The van der Waals surface area contributed by atoms with Gasteiger partial charge in [-0.05, 0) is 106 Å². The Labute approximate surface area is 351 Å². The Morgan fingerprint density at radius 1 is 0.458 bits per heavy atom. The molecule has 0 atom stereocenters. The summed E-state index contributed by atoms with van der Waals surface area (Å²) in [6, 6.07) is 17.1. The minimum absolute atomic E-state index is 0.122. The van der Waals surface area contributed by atoms with Crippen molar-refractivity contribution in [2.75, 3.05) is 19.8 Å². The fourth-order valence-corrected chi connectivity index (χ4v) is 6.56. The Hall–Kier alpha value is -4.65. The third-order valence-corrected chi connectivity index (χ3v) is 10.3. The van der Waals surface area contributed by atoms with Crippen LogP contribution in [0.15, 0.2) is 48.5 Å². The van der Waals surface area contributed by atoms with Crippen LogP contribution in [0.5, 0.6) is 17.2 Å². The highest BCUT2D eigenvalue weighted by Gasteiger charge is 2.24. The fourth-order valence-electron chi connectivity index (χ4n) is 6.56. The number of hydroxylamine groups is 3. The predicted octanol–water partition coefficient (Wildman–Crippen LogP) is 8.92. The lowest BCUT2D eigenvalue weighted by Crippen LogP contribution is -2.18. The van der Waals surface area contributed by atoms with Gasteiger partial charge in [-0.3, -0.25) is 30.0 Å². The SMILES string of the molecule is CC(C)(C)c1ccc(OCCCCC(=O)NO)c(Cc2cc(C(C)(C)C)cc(Cc3cc(C(C)(C)C)ccc3OCCCCC(=O)NO)c2OCCCCC(=O)NO)c1. The molecule has 326 valence electrons. The monoisotopic (exact) mass is 820 g/mol. The summed E-state index contributed by atoms with van der Waals surface area (Å²) in [5.74, 6) is 0.970. The number of hydrogen-bond donors (Lipinski definition) is 6. The smallest absolute Gasteiger partial charge is 0.243 e. The fraction of sp³-hybridized carbons (Fsp3) is 0.553. The number of hydrogen-bond acceptors (Lipinski definition) is 9. The Bertz CT molecular complexity index is 1730. The number of benzene rings is 3. The average molecular weight is 820 g/mol. The van der Waals surface area contributed by atoms with Gasteiger partial charge in [0, 0.05) is 32.1 Å². The summed E-state index contributed by atoms with van der Waals surface area (Å²) in [5.41, 5.74) is 12.1. The third kappa shape index (κ3) is 16.1. The standard InChI is InChI=1S/C47H69N3O9/c1-45(2,3)36-19-21-39(57-23-13-10-16-41(51)48-54)32(28-36)26-34-30-38(47(7,8)9)31-35(44(34)59-25-15-12-18-43(53)50-56)27-33-29-37(46(4,5)6)20-22-40(33)58-24-14-11-17-42(52)49-55/h19-22,28-31,54-56H,10-18,23-27H2,1-9H3,(H,48,51)(H,49,52)(H,50,53). The first kappa shape index (κ1) is 48.7. The second-order valence-electron chi connectivity index (χ2n) is 18.4. The molecule has 0 bridgehead atoms. The van der Waals surface area contributed by atoms with E-state index in [1.54, 1.807) is 16.4 Å². The van der Waals surface area contributed by atoms with E-state index >= 15 is 0 Å². The van der Waals surface area contributed by atoms with Gasteiger partial charge in [0.25, 0.3) is 0 Å². The number of nitrogens with one attached hydrogen (secondary N) is 3. The molecule has 0 spiro atoms. The maximum atomic E-state index is 11.8. The number of ether oxygens (including phenoxy) is 3. The molecule has 3 rings (SSSR count). The zero-order valence-electron chi connectivity index (χ0n) is 36.8. The van der Waals surface area contributed by atoms with Crippen LogP contribution in [-0.2, 0) is 43.5 Å². The third-order valence-electron chi connectivity index (χ3n) is 10.3. The van der Waals surface area contributed by atoms with Gasteiger partial charge in [-0.25, -0.2) is 16.4 Å². The maximum absolute atomic E-state index is 11.8. The Kier molecular flexibility index (Phi) is 18.7. The lowest BCUT2D eigenvalue weighted by molar-refractivity contribution is -0.130. The minimum Gasteiger partial charge on any atom is -0.493 e. The van der Waals surface area contributed by atoms with E-state index < -0.39 is 17.7 Å². The summed E-state index contributed by atoms with van der Waals surface area (Å²) in [5, 5.41) is 26.8. The molecule has 0 aliphatic heterocycles. The highest BCUT2D eigenvalue weighted by molar-refractivity contribution is 5.75. The van der Waals surface area contributed by atoms with Gasteiger partial charge in [0.2, 0.25) is 17.7 Å². The molecule has 59 heavy (non-hydrogen) atoms. The van der Waals surface area contributed by atoms with Crippen molar-refractivity contribution in [2.24, 2.45) is 0 Å². The molecule has 12 heteroatoms. The topological polar surface area (TPSA) is 176 Å². The Balaban J connectivity index is 2.16. The highest BCUT2D eigenvalue weighted by atomic mass is 16.5. The maximum Gasteiger partial charge on any atom is 0.243 e. The molecule has 3 amide bonds. The van der Waals surface area contributed by atoms with E-state index in [0.717, 1.165) is 56.2 Å². The van der Waals surface area contributed by atoms with Crippen LogP contribution >= 0.6 is 0 Å². The summed E-state index contributed by atoms with van der Waals surface area (Å²) in [6.07, 6.45) is 5.16. The molecule has 0 saturated heterocycles. The summed E-state index contributed by atoms with van der Waals surface area (Å²) in [4.78, 5) is 34.9. The Morgan fingerprint density at radius 3 is 1.10 bits per heavy atom. The van der Waals surface area contributed by atoms with Gasteiger partial charge in [0.05, 0.1) is 19.8 Å². The molecule has 0 aliphatic carbocycles. The summed E-state index contributed by atoms with van der Waals surface area (Å²) < 4.78 is 19.6. The van der Waals surface area contributed by atoms with Gasteiger partial charge in [-0.2, -0.15) is 0 Å². The van der Waals surface area contributed by atoms with Crippen LogP contribution in [0.2, 0.25) is 0 Å². The largest absolute Gasteiger partial charge is 0.493 e. The molecule has 0 fully saturated rings. The first-order valence-electron chi connectivity index (χ1n) is 20.9. The molecule has 0 heterocycles. The lowest BCUT2D eigenvalue weighted by atomic mass is 9.81. The van der Waals surface area contributed by atoms with Crippen molar-refractivity contribution in [3.63, 3.8) is 0 Å². The number of amides is 3. The first-order valence-corrected chi connectivity index (χ1v) is 20.9. The van der Waals surface area contributed by atoms with Crippen molar-refractivity contribution >= 4 is 17.7 Å². The van der Waals surface area contributed by atoms with Gasteiger partial charge in [-0.1, -0.05) is 98.7 Å². The summed E-state index contributed by atoms with van der Waals surface area (Å²) in [7, 11) is 0. The van der Waals surface area contributed by atoms with E-state index in [-0.39, 0.29) is 35.5 Å². The van der Waals surface area contributed by atoms with E-state index in [0.29, 0.717) is 71.2 Å². The second kappa shape index (κ2) is 22.6. The van der Waals surface area contributed by atoms with Crippen molar-refractivity contribution in [3.05, 3.63) is 87.5 Å². The van der Waals surface area contributed by atoms with E-state index in [9.17, 15) is 14.4 Å². The zero-order chi connectivity index (χ0) is 43.8. The van der Waals surface area contributed by atoms with Crippen molar-refractivity contribution in [1.82, 2.24) is 16.4 Å². The van der Waals surface area contributed by atoms with E-state index in [2.05, 4.69) is 98.7 Å². The molecule has 3 aromatic rings. The lowest BCUT2D eigenvalue weighted by Gasteiger charge is -2.26. The summed E-state index contributed by atoms with van der Waals surface area (Å²) >= 11 is 0. The first-order chi connectivity index (χ1) is 27.8. The average Bonchev–Trinajstić information content (AvgIpc) is 3.17. The second-order valence-corrected chi connectivity index (χ2v) is 18.4. The molecular weight excluding hydrogens is 751 g/mol.